The minimum atomic E-state index is -0.297. The van der Waals surface area contributed by atoms with Crippen LogP contribution in [0.15, 0.2) is 12.1 Å². The minimum absolute atomic E-state index is 0.185. The fourth-order valence-electron chi connectivity index (χ4n) is 2.68. The van der Waals surface area contributed by atoms with Crippen molar-refractivity contribution in [1.82, 2.24) is 9.80 Å². The molecule has 2 rings (SSSR count). The number of anilines is 1. The van der Waals surface area contributed by atoms with Crippen molar-refractivity contribution in [2.24, 2.45) is 5.92 Å². The van der Waals surface area contributed by atoms with Crippen LogP contribution in [0.4, 0.5) is 10.5 Å². The number of carbonyl (C=O) groups excluding carboxylic acids is 2. The van der Waals surface area contributed by atoms with Crippen LogP contribution in [-0.4, -0.2) is 61.1 Å². The number of carbonyl (C=O) groups is 2. The van der Waals surface area contributed by atoms with E-state index >= 15 is 0 Å². The number of halogens is 3. The standard InChI is InChI=1S/C18H24Cl3N3O3/c1-12(2)11-27-18(26)24-5-3-4-23(6-7-24)10-16(25)22-17-14(20)8-13(19)9-15(17)21/h8-9,12H,3-7,10-11H2,1-2H3,(H,22,25). The lowest BCUT2D eigenvalue weighted by Crippen LogP contribution is -2.38. The predicted molar refractivity (Wildman–Crippen MR) is 109 cm³/mol. The fourth-order valence-corrected chi connectivity index (χ4v) is 3.60. The van der Waals surface area contributed by atoms with Gasteiger partial charge < -0.3 is 15.0 Å². The average Bonchev–Trinajstić information content (AvgIpc) is 2.81. The molecule has 150 valence electrons. The molecule has 1 aromatic rings. The molecule has 1 aliphatic heterocycles. The number of amides is 2. The molecule has 27 heavy (non-hydrogen) atoms. The van der Waals surface area contributed by atoms with Gasteiger partial charge in [0.15, 0.2) is 0 Å². The van der Waals surface area contributed by atoms with Gasteiger partial charge in [-0.15, -0.1) is 0 Å². The first-order valence-electron chi connectivity index (χ1n) is 8.84. The highest BCUT2D eigenvalue weighted by molar-refractivity contribution is 6.42. The molecule has 0 aromatic heterocycles. The van der Waals surface area contributed by atoms with Gasteiger partial charge >= 0.3 is 6.09 Å². The molecule has 0 atom stereocenters. The number of benzene rings is 1. The summed E-state index contributed by atoms with van der Waals surface area (Å²) in [5, 5.41) is 3.71. The van der Waals surface area contributed by atoms with Crippen molar-refractivity contribution in [3.8, 4) is 0 Å². The molecule has 1 heterocycles. The maximum absolute atomic E-state index is 12.4. The van der Waals surface area contributed by atoms with Crippen molar-refractivity contribution in [3.63, 3.8) is 0 Å². The summed E-state index contributed by atoms with van der Waals surface area (Å²) in [5.74, 6) is 0.0737. The van der Waals surface area contributed by atoms with Crippen molar-refractivity contribution in [2.45, 2.75) is 20.3 Å². The monoisotopic (exact) mass is 435 g/mol. The van der Waals surface area contributed by atoms with E-state index in [0.717, 1.165) is 6.42 Å². The third kappa shape index (κ3) is 7.03. The summed E-state index contributed by atoms with van der Waals surface area (Å²) in [4.78, 5) is 28.1. The molecule has 0 bridgehead atoms. The van der Waals surface area contributed by atoms with E-state index in [2.05, 4.69) is 5.32 Å². The third-order valence-corrected chi connectivity index (χ3v) is 4.84. The van der Waals surface area contributed by atoms with Crippen molar-refractivity contribution < 1.29 is 14.3 Å². The zero-order chi connectivity index (χ0) is 20.0. The van der Waals surface area contributed by atoms with Crippen LogP contribution in [0.1, 0.15) is 20.3 Å². The molecule has 1 aromatic carbocycles. The molecule has 0 unspecified atom stereocenters. The normalized spacial score (nSPS) is 15.6. The third-order valence-electron chi connectivity index (χ3n) is 4.03. The second-order valence-corrected chi connectivity index (χ2v) is 8.13. The van der Waals surface area contributed by atoms with Crippen molar-refractivity contribution in [1.29, 1.82) is 0 Å². The molecule has 1 N–H and O–H groups in total. The Bertz CT molecular complexity index is 662. The van der Waals surface area contributed by atoms with Crippen LogP contribution in [0.3, 0.4) is 0 Å². The predicted octanol–water partition coefficient (Wildman–Crippen LogP) is 4.39. The van der Waals surface area contributed by atoms with Crippen LogP contribution < -0.4 is 5.32 Å². The van der Waals surface area contributed by atoms with Gasteiger partial charge in [-0.25, -0.2) is 4.79 Å². The van der Waals surface area contributed by atoms with E-state index in [0.29, 0.717) is 49.4 Å². The average molecular weight is 437 g/mol. The van der Waals surface area contributed by atoms with Gasteiger partial charge in [0.05, 0.1) is 28.9 Å². The maximum Gasteiger partial charge on any atom is 0.409 e. The fraction of sp³-hybridized carbons (Fsp3) is 0.556. The van der Waals surface area contributed by atoms with E-state index in [9.17, 15) is 9.59 Å². The van der Waals surface area contributed by atoms with Gasteiger partial charge in [-0.05, 0) is 24.5 Å². The minimum Gasteiger partial charge on any atom is -0.449 e. The highest BCUT2D eigenvalue weighted by Gasteiger charge is 2.22. The van der Waals surface area contributed by atoms with E-state index in [1.54, 1.807) is 4.90 Å². The SMILES string of the molecule is CC(C)COC(=O)N1CCCN(CC(=O)Nc2c(Cl)cc(Cl)cc2Cl)CC1. The van der Waals surface area contributed by atoms with Gasteiger partial charge in [-0.3, -0.25) is 9.69 Å². The number of hydrogen-bond acceptors (Lipinski definition) is 4. The Labute approximate surface area is 174 Å². The Morgan fingerprint density at radius 3 is 2.41 bits per heavy atom. The quantitative estimate of drug-likeness (QED) is 0.744. The second kappa shape index (κ2) is 10.4. The molecule has 9 heteroatoms. The summed E-state index contributed by atoms with van der Waals surface area (Å²) in [6, 6.07) is 3.05. The summed E-state index contributed by atoms with van der Waals surface area (Å²) in [6.07, 6.45) is 0.474. The molecule has 0 spiro atoms. The second-order valence-electron chi connectivity index (χ2n) is 6.88. The van der Waals surface area contributed by atoms with Crippen LogP contribution in [0.25, 0.3) is 0 Å². The lowest BCUT2D eigenvalue weighted by molar-refractivity contribution is -0.117. The van der Waals surface area contributed by atoms with Crippen molar-refractivity contribution in [3.05, 3.63) is 27.2 Å². The van der Waals surface area contributed by atoms with Crippen LogP contribution in [0.2, 0.25) is 15.1 Å². The summed E-state index contributed by atoms with van der Waals surface area (Å²) < 4.78 is 5.28. The van der Waals surface area contributed by atoms with Crippen LogP contribution in [-0.2, 0) is 9.53 Å². The maximum atomic E-state index is 12.4. The Morgan fingerprint density at radius 1 is 1.11 bits per heavy atom. The zero-order valence-corrected chi connectivity index (χ0v) is 17.7. The van der Waals surface area contributed by atoms with Gasteiger partial charge in [-0.2, -0.15) is 0 Å². The van der Waals surface area contributed by atoms with Gasteiger partial charge in [0.1, 0.15) is 0 Å². The van der Waals surface area contributed by atoms with E-state index < -0.39 is 0 Å². The van der Waals surface area contributed by atoms with Gasteiger partial charge in [-0.1, -0.05) is 48.7 Å². The number of nitrogens with zero attached hydrogens (tertiary/aromatic N) is 2. The molecule has 1 aliphatic rings. The molecule has 6 nitrogen and oxygen atoms in total. The molecular formula is C18H24Cl3N3O3. The van der Waals surface area contributed by atoms with E-state index in [-0.39, 0.29) is 28.6 Å². The molecule has 0 saturated carbocycles. The molecule has 2 amide bonds. The van der Waals surface area contributed by atoms with Crippen LogP contribution in [0.5, 0.6) is 0 Å². The number of hydrogen-bond donors (Lipinski definition) is 1. The molecule has 1 fully saturated rings. The van der Waals surface area contributed by atoms with Gasteiger partial charge in [0, 0.05) is 31.2 Å². The van der Waals surface area contributed by atoms with Crippen LogP contribution in [0, 0.1) is 5.92 Å². The summed E-state index contributed by atoms with van der Waals surface area (Å²) in [7, 11) is 0. The number of rotatable bonds is 5. The Morgan fingerprint density at radius 2 is 1.78 bits per heavy atom. The van der Waals surface area contributed by atoms with E-state index in [1.807, 2.05) is 18.7 Å². The highest BCUT2D eigenvalue weighted by Crippen LogP contribution is 2.33. The Balaban J connectivity index is 1.86. The molecule has 1 saturated heterocycles. The largest absolute Gasteiger partial charge is 0.449 e. The summed E-state index contributed by atoms with van der Waals surface area (Å²) >= 11 is 18.1. The van der Waals surface area contributed by atoms with E-state index in [4.69, 9.17) is 39.5 Å². The smallest absolute Gasteiger partial charge is 0.409 e. The number of ether oxygens (including phenoxy) is 1. The first-order valence-corrected chi connectivity index (χ1v) is 9.98. The number of nitrogens with one attached hydrogen (secondary N) is 1. The molecular weight excluding hydrogens is 413 g/mol. The molecule has 0 radical (unpaired) electrons. The first kappa shape index (κ1) is 22.1. The highest BCUT2D eigenvalue weighted by atomic mass is 35.5. The summed E-state index contributed by atoms with van der Waals surface area (Å²) in [6.45, 7) is 7.02. The topological polar surface area (TPSA) is 61.9 Å². The van der Waals surface area contributed by atoms with Gasteiger partial charge in [0.25, 0.3) is 0 Å². The van der Waals surface area contributed by atoms with E-state index in [1.165, 1.54) is 12.1 Å². The lowest BCUT2D eigenvalue weighted by Gasteiger charge is -2.22. The van der Waals surface area contributed by atoms with Crippen molar-refractivity contribution in [2.75, 3.05) is 44.6 Å². The lowest BCUT2D eigenvalue weighted by atomic mass is 10.2. The Hall–Kier alpha value is -1.21. The van der Waals surface area contributed by atoms with Gasteiger partial charge in [0.2, 0.25) is 5.91 Å². The van der Waals surface area contributed by atoms with Crippen LogP contribution >= 0.6 is 34.8 Å². The zero-order valence-electron chi connectivity index (χ0n) is 15.4. The Kier molecular flexibility index (Phi) is 8.48. The summed E-state index contributed by atoms with van der Waals surface area (Å²) in [5.41, 5.74) is 0.349. The van der Waals surface area contributed by atoms with Crippen molar-refractivity contribution >= 4 is 52.5 Å². The molecule has 0 aliphatic carbocycles. The first-order chi connectivity index (χ1) is 12.8.